The highest BCUT2D eigenvalue weighted by Gasteiger charge is 2.31. The summed E-state index contributed by atoms with van der Waals surface area (Å²) >= 11 is 0. The Kier molecular flexibility index (Phi) is 5.70. The molecular formula is C23H25FN2O2. The van der Waals surface area contributed by atoms with Crippen molar-refractivity contribution in [3.05, 3.63) is 71.5 Å². The van der Waals surface area contributed by atoms with E-state index in [1.807, 2.05) is 41.3 Å². The van der Waals surface area contributed by atoms with Gasteiger partial charge < -0.3 is 9.74 Å². The molecule has 2 aliphatic rings. The molecule has 0 N–H and O–H groups in total. The average molecular weight is 380 g/mol. The van der Waals surface area contributed by atoms with E-state index in [0.717, 1.165) is 42.5 Å². The third kappa shape index (κ3) is 4.41. The van der Waals surface area contributed by atoms with Crippen LogP contribution in [0.3, 0.4) is 0 Å². The van der Waals surface area contributed by atoms with Gasteiger partial charge in [-0.15, -0.1) is 0 Å². The summed E-state index contributed by atoms with van der Waals surface area (Å²) in [4.78, 5) is 20.6. The molecule has 5 heteroatoms. The molecule has 1 atom stereocenters. The fourth-order valence-corrected chi connectivity index (χ4v) is 4.09. The number of rotatable bonds is 6. The maximum absolute atomic E-state index is 13.6. The molecule has 28 heavy (non-hydrogen) atoms. The Morgan fingerprint density at radius 3 is 2.64 bits per heavy atom. The Bertz CT molecular complexity index is 847. The summed E-state index contributed by atoms with van der Waals surface area (Å²) in [6.45, 7) is 0.860. The Hall–Kier alpha value is -2.69. The Morgan fingerprint density at radius 1 is 1.11 bits per heavy atom. The second kappa shape index (κ2) is 8.55. The van der Waals surface area contributed by atoms with Crippen LogP contribution in [0.15, 0.2) is 59.8 Å². The third-order valence-corrected chi connectivity index (χ3v) is 5.54. The molecule has 1 aliphatic heterocycles. The minimum Gasteiger partial charge on any atom is -0.390 e. The molecule has 2 aromatic carbocycles. The Morgan fingerprint density at radius 2 is 1.89 bits per heavy atom. The lowest BCUT2D eigenvalue weighted by molar-refractivity contribution is -0.137. The molecule has 1 amide bonds. The lowest BCUT2D eigenvalue weighted by atomic mass is 10.0. The molecular weight excluding hydrogens is 355 g/mol. The summed E-state index contributed by atoms with van der Waals surface area (Å²) in [6.07, 6.45) is 4.58. The Balaban J connectivity index is 1.45. The van der Waals surface area contributed by atoms with E-state index in [9.17, 15) is 9.18 Å². The molecule has 1 saturated carbocycles. The highest BCUT2D eigenvalue weighted by molar-refractivity contribution is 6.01. The van der Waals surface area contributed by atoms with E-state index >= 15 is 0 Å². The van der Waals surface area contributed by atoms with Gasteiger partial charge in [0.1, 0.15) is 5.82 Å². The first-order valence-corrected chi connectivity index (χ1v) is 10.0. The van der Waals surface area contributed by atoms with Crippen LogP contribution in [0.4, 0.5) is 4.39 Å². The number of carbonyl (C=O) groups excluding carboxylic acids is 1. The van der Waals surface area contributed by atoms with Crippen molar-refractivity contribution >= 4 is 11.6 Å². The zero-order valence-corrected chi connectivity index (χ0v) is 15.9. The molecule has 0 saturated heterocycles. The first-order chi connectivity index (χ1) is 13.7. The van der Waals surface area contributed by atoms with Gasteiger partial charge in [-0.1, -0.05) is 60.5 Å². The quantitative estimate of drug-likeness (QED) is 0.738. The number of halogens is 1. The summed E-state index contributed by atoms with van der Waals surface area (Å²) in [6, 6.07) is 16.4. The number of benzene rings is 2. The van der Waals surface area contributed by atoms with Crippen molar-refractivity contribution in [1.29, 1.82) is 0 Å². The predicted octanol–water partition coefficient (Wildman–Crippen LogP) is 4.54. The average Bonchev–Trinajstić information content (AvgIpc) is 3.40. The van der Waals surface area contributed by atoms with Gasteiger partial charge in [0, 0.05) is 18.9 Å². The summed E-state index contributed by atoms with van der Waals surface area (Å²) < 4.78 is 13.6. The van der Waals surface area contributed by atoms with E-state index < -0.39 is 0 Å². The minimum absolute atomic E-state index is 0.0736. The van der Waals surface area contributed by atoms with Gasteiger partial charge in [-0.3, -0.25) is 4.79 Å². The van der Waals surface area contributed by atoms with Crippen LogP contribution in [0.2, 0.25) is 0 Å². The second-order valence-electron chi connectivity index (χ2n) is 7.67. The van der Waals surface area contributed by atoms with Crippen LogP contribution in [-0.4, -0.2) is 29.2 Å². The summed E-state index contributed by atoms with van der Waals surface area (Å²) in [5.41, 5.74) is 2.75. The topological polar surface area (TPSA) is 41.9 Å². The summed E-state index contributed by atoms with van der Waals surface area (Å²) in [7, 11) is 0. The van der Waals surface area contributed by atoms with Gasteiger partial charge in [0.25, 0.3) is 0 Å². The van der Waals surface area contributed by atoms with Crippen LogP contribution in [0.5, 0.6) is 0 Å². The lowest BCUT2D eigenvalue weighted by Gasteiger charge is -2.27. The number of amides is 1. The molecule has 1 aliphatic carbocycles. The van der Waals surface area contributed by atoms with Gasteiger partial charge in [0.05, 0.1) is 12.3 Å². The third-order valence-electron chi connectivity index (χ3n) is 5.54. The van der Waals surface area contributed by atoms with Crippen molar-refractivity contribution in [1.82, 2.24) is 4.90 Å². The number of hydrogen-bond donors (Lipinski definition) is 0. The highest BCUT2D eigenvalue weighted by Crippen LogP contribution is 2.28. The van der Waals surface area contributed by atoms with Crippen LogP contribution in [0.1, 0.15) is 43.2 Å². The van der Waals surface area contributed by atoms with Crippen molar-refractivity contribution in [3.8, 4) is 0 Å². The van der Waals surface area contributed by atoms with Gasteiger partial charge in [-0.05, 0) is 36.1 Å². The zero-order chi connectivity index (χ0) is 19.3. The van der Waals surface area contributed by atoms with Crippen LogP contribution in [0.25, 0.3) is 0 Å². The Labute approximate surface area is 165 Å². The second-order valence-corrected chi connectivity index (χ2v) is 7.67. The molecule has 0 bridgehead atoms. The van der Waals surface area contributed by atoms with E-state index in [0.29, 0.717) is 19.5 Å². The number of nitrogens with zero attached hydrogens (tertiary/aromatic N) is 2. The van der Waals surface area contributed by atoms with Crippen LogP contribution < -0.4 is 0 Å². The molecule has 1 heterocycles. The number of hydrogen-bond acceptors (Lipinski definition) is 3. The summed E-state index contributed by atoms with van der Waals surface area (Å²) in [5.74, 6) is -0.0550. The van der Waals surface area contributed by atoms with E-state index in [1.165, 1.54) is 12.1 Å². The maximum Gasteiger partial charge on any atom is 0.226 e. The maximum atomic E-state index is 13.6. The monoisotopic (exact) mass is 380 g/mol. The fraction of sp³-hybridized carbons (Fsp3) is 0.391. The standard InChI is InChI=1S/C23H25FN2O2/c24-20-12-6-7-17(13-20)15-26(23(27)19-10-4-5-11-19)16-21-14-22(25-28-21)18-8-2-1-3-9-18/h1-3,6-9,12-13,19,21H,4-5,10-11,14-16H2. The largest absolute Gasteiger partial charge is 0.390 e. The molecule has 0 radical (unpaired) electrons. The molecule has 1 unspecified atom stereocenters. The minimum atomic E-state index is -0.280. The smallest absolute Gasteiger partial charge is 0.226 e. The van der Waals surface area contributed by atoms with Crippen LogP contribution in [-0.2, 0) is 16.2 Å². The predicted molar refractivity (Wildman–Crippen MR) is 106 cm³/mol. The molecule has 0 aromatic heterocycles. The zero-order valence-electron chi connectivity index (χ0n) is 15.9. The summed E-state index contributed by atoms with van der Waals surface area (Å²) in [5, 5.41) is 4.24. The normalized spacial score (nSPS) is 19.3. The molecule has 146 valence electrons. The van der Waals surface area contributed by atoms with Crippen molar-refractivity contribution in [2.75, 3.05) is 6.54 Å². The highest BCUT2D eigenvalue weighted by atomic mass is 19.1. The van der Waals surface area contributed by atoms with Crippen molar-refractivity contribution in [2.24, 2.45) is 11.1 Å². The van der Waals surface area contributed by atoms with Gasteiger partial charge in [-0.25, -0.2) is 4.39 Å². The molecule has 4 rings (SSSR count). The van der Waals surface area contributed by atoms with E-state index in [1.54, 1.807) is 6.07 Å². The van der Waals surface area contributed by atoms with Crippen LogP contribution >= 0.6 is 0 Å². The molecule has 4 nitrogen and oxygen atoms in total. The molecule has 2 aromatic rings. The first-order valence-electron chi connectivity index (χ1n) is 10.0. The van der Waals surface area contributed by atoms with Crippen molar-refractivity contribution < 1.29 is 14.0 Å². The van der Waals surface area contributed by atoms with Gasteiger partial charge in [0.15, 0.2) is 6.10 Å². The van der Waals surface area contributed by atoms with E-state index in [4.69, 9.17) is 4.84 Å². The van der Waals surface area contributed by atoms with E-state index in [2.05, 4.69) is 5.16 Å². The van der Waals surface area contributed by atoms with Gasteiger partial charge in [0.2, 0.25) is 5.91 Å². The van der Waals surface area contributed by atoms with Gasteiger partial charge >= 0.3 is 0 Å². The van der Waals surface area contributed by atoms with Crippen LogP contribution in [0, 0.1) is 11.7 Å². The molecule has 1 fully saturated rings. The molecule has 0 spiro atoms. The number of carbonyl (C=O) groups is 1. The van der Waals surface area contributed by atoms with Crippen molar-refractivity contribution in [2.45, 2.75) is 44.8 Å². The van der Waals surface area contributed by atoms with Gasteiger partial charge in [-0.2, -0.15) is 0 Å². The lowest BCUT2D eigenvalue weighted by Crippen LogP contribution is -2.40. The van der Waals surface area contributed by atoms with Crippen molar-refractivity contribution in [3.63, 3.8) is 0 Å². The fourth-order valence-electron chi connectivity index (χ4n) is 4.09. The number of oxime groups is 1. The SMILES string of the molecule is O=C(C1CCCC1)N(Cc1cccc(F)c1)CC1CC(c2ccccc2)=NO1. The van der Waals surface area contributed by atoms with E-state index in [-0.39, 0.29) is 23.7 Å². The first kappa shape index (κ1) is 18.7.